The third-order valence-electron chi connectivity index (χ3n) is 2.60. The lowest BCUT2D eigenvalue weighted by atomic mass is 10.00. The van der Waals surface area contributed by atoms with E-state index < -0.39 is 6.17 Å². The fourth-order valence-electron chi connectivity index (χ4n) is 1.81. The minimum absolute atomic E-state index is 0.0127. The second-order valence-corrected chi connectivity index (χ2v) is 5.39. The standard InChI is InChI=1S/C10H13BrFNS/c11-7-4-6-14-10(7)9(12)8-3-1-2-5-13-8/h4,6,8-9,13H,1-3,5H2. The van der Waals surface area contributed by atoms with Crippen LogP contribution in [0, 0.1) is 0 Å². The average molecular weight is 278 g/mol. The molecule has 2 unspecified atom stereocenters. The van der Waals surface area contributed by atoms with Crippen molar-refractivity contribution in [1.29, 1.82) is 0 Å². The molecule has 1 aromatic rings. The molecule has 4 heteroatoms. The molecule has 0 bridgehead atoms. The first-order chi connectivity index (χ1) is 6.79. The van der Waals surface area contributed by atoms with Gasteiger partial charge >= 0.3 is 0 Å². The SMILES string of the molecule is FC(c1sccc1Br)C1CCCCN1. The van der Waals surface area contributed by atoms with Gasteiger partial charge in [0.25, 0.3) is 0 Å². The number of piperidine rings is 1. The van der Waals surface area contributed by atoms with Crippen LogP contribution in [0.2, 0.25) is 0 Å². The molecule has 0 aliphatic carbocycles. The molecule has 1 aromatic heterocycles. The molecule has 2 rings (SSSR count). The number of hydrogen-bond acceptors (Lipinski definition) is 2. The molecule has 1 aliphatic rings. The number of hydrogen-bond donors (Lipinski definition) is 1. The van der Waals surface area contributed by atoms with E-state index in [1.54, 1.807) is 0 Å². The van der Waals surface area contributed by atoms with Gasteiger partial charge in [-0.05, 0) is 46.8 Å². The van der Waals surface area contributed by atoms with Crippen LogP contribution in [0.1, 0.15) is 30.3 Å². The molecule has 1 saturated heterocycles. The van der Waals surface area contributed by atoms with Crippen LogP contribution in [-0.4, -0.2) is 12.6 Å². The Morgan fingerprint density at radius 1 is 1.57 bits per heavy atom. The van der Waals surface area contributed by atoms with E-state index in [0.29, 0.717) is 0 Å². The molecule has 1 nitrogen and oxygen atoms in total. The van der Waals surface area contributed by atoms with Crippen LogP contribution in [0.3, 0.4) is 0 Å². The molecule has 14 heavy (non-hydrogen) atoms. The Morgan fingerprint density at radius 3 is 3.00 bits per heavy atom. The molecule has 2 atom stereocenters. The lowest BCUT2D eigenvalue weighted by Crippen LogP contribution is -2.37. The van der Waals surface area contributed by atoms with Crippen molar-refractivity contribution in [2.45, 2.75) is 31.5 Å². The van der Waals surface area contributed by atoms with Gasteiger partial charge in [-0.15, -0.1) is 11.3 Å². The zero-order valence-corrected chi connectivity index (χ0v) is 10.2. The molecule has 0 aromatic carbocycles. The highest BCUT2D eigenvalue weighted by atomic mass is 79.9. The van der Waals surface area contributed by atoms with Gasteiger partial charge in [0, 0.05) is 10.5 Å². The quantitative estimate of drug-likeness (QED) is 0.870. The summed E-state index contributed by atoms with van der Waals surface area (Å²) in [5, 5.41) is 5.17. The van der Waals surface area contributed by atoms with E-state index in [9.17, 15) is 4.39 Å². The van der Waals surface area contributed by atoms with Crippen LogP contribution in [0.15, 0.2) is 15.9 Å². The minimum Gasteiger partial charge on any atom is -0.311 e. The highest BCUT2D eigenvalue weighted by Crippen LogP contribution is 2.35. The summed E-state index contributed by atoms with van der Waals surface area (Å²) in [6.45, 7) is 0.952. The second kappa shape index (κ2) is 4.73. The molecule has 0 spiro atoms. The molecule has 1 fully saturated rings. The zero-order valence-electron chi connectivity index (χ0n) is 7.80. The largest absolute Gasteiger partial charge is 0.311 e. The van der Waals surface area contributed by atoms with E-state index in [1.807, 2.05) is 11.4 Å². The molecular formula is C10H13BrFNS. The maximum Gasteiger partial charge on any atom is 0.151 e. The third-order valence-corrected chi connectivity index (χ3v) is 4.52. The lowest BCUT2D eigenvalue weighted by molar-refractivity contribution is 0.224. The van der Waals surface area contributed by atoms with Gasteiger partial charge in [-0.25, -0.2) is 4.39 Å². The minimum atomic E-state index is -0.857. The van der Waals surface area contributed by atoms with Crippen molar-refractivity contribution in [3.8, 4) is 0 Å². The maximum atomic E-state index is 14.0. The summed E-state index contributed by atoms with van der Waals surface area (Å²) in [6, 6.07) is 1.92. The molecule has 0 radical (unpaired) electrons. The molecule has 78 valence electrons. The third kappa shape index (κ3) is 2.18. The fourth-order valence-corrected chi connectivity index (χ4v) is 3.45. The molecule has 0 saturated carbocycles. The van der Waals surface area contributed by atoms with Gasteiger partial charge in [0.2, 0.25) is 0 Å². The molecule has 1 N–H and O–H groups in total. The van der Waals surface area contributed by atoms with Gasteiger partial charge < -0.3 is 5.32 Å². The maximum absolute atomic E-state index is 14.0. The predicted octanol–water partition coefficient (Wildman–Crippen LogP) is 3.66. The van der Waals surface area contributed by atoms with E-state index in [1.165, 1.54) is 17.8 Å². The summed E-state index contributed by atoms with van der Waals surface area (Å²) in [7, 11) is 0. The van der Waals surface area contributed by atoms with Crippen molar-refractivity contribution in [2.24, 2.45) is 0 Å². The van der Waals surface area contributed by atoms with Crippen LogP contribution >= 0.6 is 27.3 Å². The highest BCUT2D eigenvalue weighted by molar-refractivity contribution is 9.10. The number of nitrogens with one attached hydrogen (secondary N) is 1. The lowest BCUT2D eigenvalue weighted by Gasteiger charge is -2.26. The van der Waals surface area contributed by atoms with E-state index >= 15 is 0 Å². The summed E-state index contributed by atoms with van der Waals surface area (Å²) in [5.41, 5.74) is 0. The number of thiophene rings is 1. The van der Waals surface area contributed by atoms with Crippen LogP contribution in [0.4, 0.5) is 4.39 Å². The van der Waals surface area contributed by atoms with Crippen LogP contribution in [-0.2, 0) is 0 Å². The van der Waals surface area contributed by atoms with Crippen LogP contribution in [0.25, 0.3) is 0 Å². The van der Waals surface area contributed by atoms with E-state index in [4.69, 9.17) is 0 Å². The summed E-state index contributed by atoms with van der Waals surface area (Å²) in [5.74, 6) is 0. The van der Waals surface area contributed by atoms with Gasteiger partial charge in [0.15, 0.2) is 6.17 Å². The predicted molar refractivity (Wildman–Crippen MR) is 61.5 cm³/mol. The summed E-state index contributed by atoms with van der Waals surface area (Å²) < 4.78 is 14.9. The van der Waals surface area contributed by atoms with Crippen molar-refractivity contribution < 1.29 is 4.39 Å². The number of alkyl halides is 1. The van der Waals surface area contributed by atoms with Crippen molar-refractivity contribution in [3.63, 3.8) is 0 Å². The molecule has 2 heterocycles. The topological polar surface area (TPSA) is 12.0 Å². The first-order valence-electron chi connectivity index (χ1n) is 4.89. The van der Waals surface area contributed by atoms with Crippen molar-refractivity contribution in [3.05, 3.63) is 20.8 Å². The number of rotatable bonds is 2. The smallest absolute Gasteiger partial charge is 0.151 e. The van der Waals surface area contributed by atoms with Crippen molar-refractivity contribution in [1.82, 2.24) is 5.32 Å². The molecule has 0 amide bonds. The first-order valence-corrected chi connectivity index (χ1v) is 6.56. The Morgan fingerprint density at radius 2 is 2.43 bits per heavy atom. The summed E-state index contributed by atoms with van der Waals surface area (Å²) >= 11 is 4.87. The molecular weight excluding hydrogens is 265 g/mol. The highest BCUT2D eigenvalue weighted by Gasteiger charge is 2.26. The Bertz CT molecular complexity index is 296. The second-order valence-electron chi connectivity index (χ2n) is 3.59. The van der Waals surface area contributed by atoms with E-state index in [0.717, 1.165) is 28.7 Å². The van der Waals surface area contributed by atoms with Gasteiger partial charge in [0.05, 0.1) is 4.88 Å². The van der Waals surface area contributed by atoms with Crippen LogP contribution < -0.4 is 5.32 Å². The van der Waals surface area contributed by atoms with Gasteiger partial charge in [-0.3, -0.25) is 0 Å². The van der Waals surface area contributed by atoms with E-state index in [2.05, 4.69) is 21.2 Å². The van der Waals surface area contributed by atoms with Crippen LogP contribution in [0.5, 0.6) is 0 Å². The zero-order chi connectivity index (χ0) is 9.97. The van der Waals surface area contributed by atoms with Gasteiger partial charge in [-0.2, -0.15) is 0 Å². The average Bonchev–Trinajstić information content (AvgIpc) is 2.65. The molecule has 1 aliphatic heterocycles. The van der Waals surface area contributed by atoms with Gasteiger partial charge in [-0.1, -0.05) is 6.42 Å². The summed E-state index contributed by atoms with van der Waals surface area (Å²) in [6.07, 6.45) is 2.41. The first kappa shape index (κ1) is 10.6. The number of halogens is 2. The fraction of sp³-hybridized carbons (Fsp3) is 0.600. The van der Waals surface area contributed by atoms with Gasteiger partial charge in [0.1, 0.15) is 0 Å². The normalized spacial score (nSPS) is 24.9. The monoisotopic (exact) mass is 277 g/mol. The Labute approximate surface area is 95.8 Å². The van der Waals surface area contributed by atoms with E-state index in [-0.39, 0.29) is 6.04 Å². The summed E-state index contributed by atoms with van der Waals surface area (Å²) in [4.78, 5) is 0.824. The Hall–Kier alpha value is 0.0700. The van der Waals surface area contributed by atoms with Crippen molar-refractivity contribution >= 4 is 27.3 Å². The van der Waals surface area contributed by atoms with Crippen molar-refractivity contribution in [2.75, 3.05) is 6.54 Å². The Balaban J connectivity index is 2.07. The Kier molecular flexibility index (Phi) is 3.57.